The molecule has 0 aromatic heterocycles. The van der Waals surface area contributed by atoms with E-state index in [2.05, 4.69) is 11.6 Å². The van der Waals surface area contributed by atoms with Crippen LogP contribution in [0.1, 0.15) is 32.6 Å². The molecule has 78 valence electrons. The number of hydrogen-bond acceptors (Lipinski definition) is 2. The largest absolute Gasteiger partial charge is 0.298 e. The van der Waals surface area contributed by atoms with Crippen LogP contribution in [-0.4, -0.2) is 19.0 Å². The molecule has 0 aliphatic carbocycles. The molecule has 0 N–H and O–H groups in total. The summed E-state index contributed by atoms with van der Waals surface area (Å²) < 4.78 is 0. The number of nitrogens with zero attached hydrogens (tertiary/aromatic N) is 1. The first-order valence-corrected chi connectivity index (χ1v) is 5.08. The Kier molecular flexibility index (Phi) is 9.07. The van der Waals surface area contributed by atoms with Crippen molar-refractivity contribution in [3.8, 4) is 0 Å². The summed E-state index contributed by atoms with van der Waals surface area (Å²) in [5.41, 5.74) is 0.870. The van der Waals surface area contributed by atoms with Crippen molar-refractivity contribution < 1.29 is 4.79 Å². The standard InChI is InChI=1S/C12H19NO/c1-3-5-6-8-12(11-14)9-7-10-13-4-2/h3,9-11H,1,4-8H2,2H3/b12-9-,13-10?. The van der Waals surface area contributed by atoms with Gasteiger partial charge in [0.25, 0.3) is 0 Å². The smallest absolute Gasteiger partial charge is 0.145 e. The molecule has 0 fully saturated rings. The molecule has 0 heterocycles. The number of unbranched alkanes of at least 4 members (excludes halogenated alkanes) is 1. The van der Waals surface area contributed by atoms with Crippen molar-refractivity contribution in [2.45, 2.75) is 32.6 Å². The summed E-state index contributed by atoms with van der Waals surface area (Å²) in [4.78, 5) is 14.7. The van der Waals surface area contributed by atoms with Crippen LogP contribution in [0.5, 0.6) is 0 Å². The summed E-state index contributed by atoms with van der Waals surface area (Å²) in [6.45, 7) is 6.44. The molecule has 0 saturated heterocycles. The van der Waals surface area contributed by atoms with Crippen LogP contribution in [-0.2, 0) is 4.79 Å². The van der Waals surface area contributed by atoms with Crippen molar-refractivity contribution in [1.29, 1.82) is 0 Å². The molecule has 0 unspecified atom stereocenters. The second-order valence-electron chi connectivity index (χ2n) is 2.99. The first kappa shape index (κ1) is 12.8. The first-order chi connectivity index (χ1) is 6.85. The molecule has 0 amide bonds. The first-order valence-electron chi connectivity index (χ1n) is 5.08. The molecular weight excluding hydrogens is 174 g/mol. The fourth-order valence-corrected chi connectivity index (χ4v) is 1.07. The zero-order chi connectivity index (χ0) is 10.6. The third-order valence-corrected chi connectivity index (χ3v) is 1.82. The highest BCUT2D eigenvalue weighted by atomic mass is 16.1. The summed E-state index contributed by atoms with van der Waals surface area (Å²) in [6.07, 6.45) is 10.2. The molecule has 0 aliphatic heterocycles. The van der Waals surface area contributed by atoms with Gasteiger partial charge < -0.3 is 0 Å². The van der Waals surface area contributed by atoms with Crippen LogP contribution in [0.4, 0.5) is 0 Å². The van der Waals surface area contributed by atoms with E-state index in [-0.39, 0.29) is 0 Å². The maximum atomic E-state index is 10.6. The van der Waals surface area contributed by atoms with Gasteiger partial charge >= 0.3 is 0 Å². The Balaban J connectivity index is 3.80. The van der Waals surface area contributed by atoms with E-state index in [1.54, 1.807) is 0 Å². The number of aldehydes is 1. The zero-order valence-corrected chi connectivity index (χ0v) is 8.91. The average Bonchev–Trinajstić information content (AvgIpc) is 2.22. The van der Waals surface area contributed by atoms with Crippen LogP contribution >= 0.6 is 0 Å². The Hall–Kier alpha value is -1.18. The van der Waals surface area contributed by atoms with Crippen LogP contribution in [0, 0.1) is 0 Å². The predicted octanol–water partition coefficient (Wildman–Crippen LogP) is 2.95. The van der Waals surface area contributed by atoms with Gasteiger partial charge in [-0.2, -0.15) is 0 Å². The highest BCUT2D eigenvalue weighted by Crippen LogP contribution is 2.05. The van der Waals surface area contributed by atoms with Gasteiger partial charge in [0.15, 0.2) is 0 Å². The van der Waals surface area contributed by atoms with E-state index in [4.69, 9.17) is 0 Å². The lowest BCUT2D eigenvalue weighted by molar-refractivity contribution is -0.105. The van der Waals surface area contributed by atoms with Gasteiger partial charge in [0.05, 0.1) is 0 Å². The topological polar surface area (TPSA) is 29.4 Å². The number of hydrogen-bond donors (Lipinski definition) is 0. The van der Waals surface area contributed by atoms with Gasteiger partial charge in [-0.3, -0.25) is 9.79 Å². The summed E-state index contributed by atoms with van der Waals surface area (Å²) in [6, 6.07) is 0. The summed E-state index contributed by atoms with van der Waals surface area (Å²) in [5, 5.41) is 0. The third kappa shape index (κ3) is 7.47. The minimum absolute atomic E-state index is 0.760. The van der Waals surface area contributed by atoms with E-state index in [9.17, 15) is 4.79 Å². The average molecular weight is 193 g/mol. The van der Waals surface area contributed by atoms with Gasteiger partial charge in [0, 0.05) is 19.2 Å². The molecule has 0 bridgehead atoms. The van der Waals surface area contributed by atoms with Crippen molar-refractivity contribution in [1.82, 2.24) is 0 Å². The Morgan fingerprint density at radius 2 is 2.29 bits per heavy atom. The second-order valence-corrected chi connectivity index (χ2v) is 2.99. The molecule has 2 nitrogen and oxygen atoms in total. The fraction of sp³-hybridized carbons (Fsp3) is 0.500. The molecule has 0 aromatic rings. The molecular formula is C12H19NO. The summed E-state index contributed by atoms with van der Waals surface area (Å²) >= 11 is 0. The predicted molar refractivity (Wildman–Crippen MR) is 61.8 cm³/mol. The lowest BCUT2D eigenvalue weighted by Gasteiger charge is -1.96. The maximum absolute atomic E-state index is 10.6. The monoisotopic (exact) mass is 193 g/mol. The number of carbonyl (C=O) groups is 1. The Labute approximate surface area is 86.4 Å². The quantitative estimate of drug-likeness (QED) is 0.191. The molecule has 0 atom stereocenters. The fourth-order valence-electron chi connectivity index (χ4n) is 1.07. The minimum atomic E-state index is 0.760. The third-order valence-electron chi connectivity index (χ3n) is 1.82. The van der Waals surface area contributed by atoms with Crippen molar-refractivity contribution in [3.05, 3.63) is 24.3 Å². The molecule has 14 heavy (non-hydrogen) atoms. The molecule has 0 saturated carbocycles. The molecule has 0 aromatic carbocycles. The van der Waals surface area contributed by atoms with Gasteiger partial charge in [-0.25, -0.2) is 0 Å². The van der Waals surface area contributed by atoms with Crippen molar-refractivity contribution in [2.24, 2.45) is 4.99 Å². The van der Waals surface area contributed by atoms with E-state index < -0.39 is 0 Å². The van der Waals surface area contributed by atoms with E-state index in [1.807, 2.05) is 25.3 Å². The van der Waals surface area contributed by atoms with Crippen molar-refractivity contribution in [2.75, 3.05) is 6.54 Å². The lowest BCUT2D eigenvalue weighted by atomic mass is 10.1. The normalized spacial score (nSPS) is 11.9. The molecule has 0 radical (unpaired) electrons. The number of rotatable bonds is 8. The van der Waals surface area contributed by atoms with Crippen molar-refractivity contribution in [3.63, 3.8) is 0 Å². The van der Waals surface area contributed by atoms with Gasteiger partial charge in [0.2, 0.25) is 0 Å². The number of allylic oxidation sites excluding steroid dienone is 3. The lowest BCUT2D eigenvalue weighted by Crippen LogP contribution is -1.86. The van der Waals surface area contributed by atoms with Gasteiger partial charge in [-0.1, -0.05) is 12.2 Å². The highest BCUT2D eigenvalue weighted by molar-refractivity contribution is 5.74. The Morgan fingerprint density at radius 1 is 1.50 bits per heavy atom. The molecule has 0 spiro atoms. The molecule has 2 heteroatoms. The van der Waals surface area contributed by atoms with Crippen LogP contribution < -0.4 is 0 Å². The summed E-state index contributed by atoms with van der Waals surface area (Å²) in [5.74, 6) is 0. The van der Waals surface area contributed by atoms with Crippen LogP contribution in [0.3, 0.4) is 0 Å². The van der Waals surface area contributed by atoms with Crippen LogP contribution in [0.2, 0.25) is 0 Å². The van der Waals surface area contributed by atoms with E-state index in [0.29, 0.717) is 0 Å². The van der Waals surface area contributed by atoms with Crippen LogP contribution in [0.15, 0.2) is 29.3 Å². The SMILES string of the molecule is C=CCCC/C(C=O)=C/CC=NCC. The number of carbonyl (C=O) groups excluding carboxylic acids is 1. The van der Waals surface area contributed by atoms with Gasteiger partial charge in [0.1, 0.15) is 6.29 Å². The van der Waals surface area contributed by atoms with Crippen LogP contribution in [0.25, 0.3) is 0 Å². The van der Waals surface area contributed by atoms with E-state index in [0.717, 1.165) is 44.1 Å². The van der Waals surface area contributed by atoms with E-state index >= 15 is 0 Å². The molecule has 0 rings (SSSR count). The van der Waals surface area contributed by atoms with Crippen molar-refractivity contribution >= 4 is 12.5 Å². The maximum Gasteiger partial charge on any atom is 0.145 e. The second kappa shape index (κ2) is 9.90. The van der Waals surface area contributed by atoms with Gasteiger partial charge in [-0.05, 0) is 31.8 Å². The minimum Gasteiger partial charge on any atom is -0.298 e. The zero-order valence-electron chi connectivity index (χ0n) is 8.91. The van der Waals surface area contributed by atoms with E-state index in [1.165, 1.54) is 0 Å². The number of aliphatic imine (C=N–C) groups is 1. The van der Waals surface area contributed by atoms with Gasteiger partial charge in [-0.15, -0.1) is 6.58 Å². The Morgan fingerprint density at radius 3 is 2.86 bits per heavy atom. The highest BCUT2D eigenvalue weighted by Gasteiger charge is 1.93. The summed E-state index contributed by atoms with van der Waals surface area (Å²) in [7, 11) is 0. The molecule has 0 aliphatic rings. The Bertz CT molecular complexity index is 216.